The van der Waals surface area contributed by atoms with Crippen molar-refractivity contribution in [1.29, 1.82) is 0 Å². The molecule has 0 radical (unpaired) electrons. The van der Waals surface area contributed by atoms with Gasteiger partial charge in [-0.05, 0) is 37.0 Å². The van der Waals surface area contributed by atoms with Crippen molar-refractivity contribution in [1.82, 2.24) is 24.5 Å². The van der Waals surface area contributed by atoms with Crippen LogP contribution >= 0.6 is 11.3 Å². The van der Waals surface area contributed by atoms with E-state index in [9.17, 15) is 0 Å². The van der Waals surface area contributed by atoms with E-state index in [1.807, 2.05) is 29.8 Å². The summed E-state index contributed by atoms with van der Waals surface area (Å²) in [5, 5.41) is 1.94. The van der Waals surface area contributed by atoms with Crippen LogP contribution in [0.25, 0.3) is 39.8 Å². The molecule has 0 atom stereocenters. The van der Waals surface area contributed by atoms with Crippen LogP contribution in [0.5, 0.6) is 0 Å². The number of nitrogens with zero attached hydrogens (tertiary/aromatic N) is 5. The molecular formula is C24H20N6S. The maximum atomic E-state index is 6.51. The Balaban J connectivity index is 1.52. The molecule has 2 aromatic carbocycles. The van der Waals surface area contributed by atoms with Crippen molar-refractivity contribution in [3.05, 3.63) is 77.2 Å². The number of imidazole rings is 1. The molecule has 6 rings (SSSR count). The number of thiazole rings is 1. The fourth-order valence-corrected chi connectivity index (χ4v) is 4.68. The Kier molecular flexibility index (Phi) is 4.19. The van der Waals surface area contributed by atoms with Crippen LogP contribution in [0.3, 0.4) is 0 Å². The van der Waals surface area contributed by atoms with Gasteiger partial charge in [-0.2, -0.15) is 0 Å². The van der Waals surface area contributed by atoms with Crippen molar-refractivity contribution in [3.63, 3.8) is 0 Å². The lowest BCUT2D eigenvalue weighted by atomic mass is 9.73. The van der Waals surface area contributed by atoms with Crippen LogP contribution in [0.4, 0.5) is 0 Å². The highest BCUT2D eigenvalue weighted by molar-refractivity contribution is 7.07. The van der Waals surface area contributed by atoms with Crippen LogP contribution in [-0.2, 0) is 5.54 Å². The number of benzene rings is 2. The van der Waals surface area contributed by atoms with E-state index in [4.69, 9.17) is 15.7 Å². The van der Waals surface area contributed by atoms with E-state index in [-0.39, 0.29) is 5.54 Å². The first-order valence-electron chi connectivity index (χ1n) is 10.3. The molecule has 2 N–H and O–H groups in total. The zero-order valence-electron chi connectivity index (χ0n) is 16.8. The predicted molar refractivity (Wildman–Crippen MR) is 123 cm³/mol. The molecule has 0 spiro atoms. The van der Waals surface area contributed by atoms with Gasteiger partial charge in [0.2, 0.25) is 0 Å². The summed E-state index contributed by atoms with van der Waals surface area (Å²) in [5.74, 6) is 1.42. The van der Waals surface area contributed by atoms with Gasteiger partial charge in [0.1, 0.15) is 17.0 Å². The number of para-hydroxylation sites is 1. The first-order valence-corrected chi connectivity index (χ1v) is 11.2. The summed E-state index contributed by atoms with van der Waals surface area (Å²) in [7, 11) is 0. The smallest absolute Gasteiger partial charge is 0.182 e. The van der Waals surface area contributed by atoms with Crippen LogP contribution in [-0.4, -0.2) is 24.5 Å². The van der Waals surface area contributed by atoms with Gasteiger partial charge < -0.3 is 5.73 Å². The lowest BCUT2D eigenvalue weighted by molar-refractivity contribution is 0.253. The molecule has 0 aliphatic heterocycles. The number of hydrogen-bond acceptors (Lipinski definition) is 6. The lowest BCUT2D eigenvalue weighted by Crippen LogP contribution is -2.43. The van der Waals surface area contributed by atoms with Crippen LogP contribution in [0.1, 0.15) is 24.8 Å². The molecule has 1 aliphatic rings. The number of fused-ring (bicyclic) bond motifs is 1. The third-order valence-electron chi connectivity index (χ3n) is 6.05. The highest BCUT2D eigenvalue weighted by Gasteiger charge is 2.34. The summed E-state index contributed by atoms with van der Waals surface area (Å²) in [6.45, 7) is 0. The molecule has 0 saturated heterocycles. The van der Waals surface area contributed by atoms with Gasteiger partial charge in [0.15, 0.2) is 11.5 Å². The minimum atomic E-state index is -0.175. The van der Waals surface area contributed by atoms with Crippen LogP contribution in [0.15, 0.2) is 71.7 Å². The molecule has 3 heterocycles. The Morgan fingerprint density at radius 2 is 1.74 bits per heavy atom. The van der Waals surface area contributed by atoms with Gasteiger partial charge in [0, 0.05) is 22.2 Å². The molecule has 1 aliphatic carbocycles. The summed E-state index contributed by atoms with van der Waals surface area (Å²) in [6, 6.07) is 18.7. The Bertz CT molecular complexity index is 1350. The number of hydrogen-bond donors (Lipinski definition) is 1. The lowest BCUT2D eigenvalue weighted by Gasteiger charge is -2.38. The topological polar surface area (TPSA) is 82.5 Å². The first-order chi connectivity index (χ1) is 15.2. The fourth-order valence-electron chi connectivity index (χ4n) is 4.15. The molecule has 1 saturated carbocycles. The van der Waals surface area contributed by atoms with E-state index in [2.05, 4.69) is 50.9 Å². The standard InChI is InChI=1S/C24H20N6S/c25-24(11-4-12-24)17-9-7-16(8-10-17)23-29-22-20(30(23)18-5-2-1-3-6-18)13-26-21(28-22)19-14-31-15-27-19/h1-3,5-10,13-15H,4,11-12,25H2. The van der Waals surface area contributed by atoms with Crippen molar-refractivity contribution in [2.24, 2.45) is 5.73 Å². The average molecular weight is 425 g/mol. The van der Waals surface area contributed by atoms with Gasteiger partial charge in [-0.3, -0.25) is 4.57 Å². The number of rotatable bonds is 4. The van der Waals surface area contributed by atoms with Gasteiger partial charge in [-0.1, -0.05) is 42.5 Å². The predicted octanol–water partition coefficient (Wildman–Crippen LogP) is 4.94. The summed E-state index contributed by atoms with van der Waals surface area (Å²) in [4.78, 5) is 18.5. The van der Waals surface area contributed by atoms with Crippen LogP contribution < -0.4 is 5.73 Å². The Hall–Kier alpha value is -3.42. The van der Waals surface area contributed by atoms with E-state index in [0.29, 0.717) is 11.5 Å². The van der Waals surface area contributed by atoms with Crippen LogP contribution in [0.2, 0.25) is 0 Å². The molecule has 0 amide bonds. The molecular weight excluding hydrogens is 404 g/mol. The molecule has 152 valence electrons. The van der Waals surface area contributed by atoms with Crippen molar-refractivity contribution in [2.75, 3.05) is 0 Å². The summed E-state index contributed by atoms with van der Waals surface area (Å²) >= 11 is 1.52. The molecule has 1 fully saturated rings. The first kappa shape index (κ1) is 18.4. The molecule has 0 bridgehead atoms. The third kappa shape index (κ3) is 3.05. The minimum absolute atomic E-state index is 0.175. The van der Waals surface area contributed by atoms with E-state index in [1.54, 1.807) is 5.51 Å². The van der Waals surface area contributed by atoms with E-state index in [1.165, 1.54) is 23.3 Å². The zero-order valence-corrected chi connectivity index (χ0v) is 17.6. The Labute approximate surface area is 183 Å². The van der Waals surface area contributed by atoms with Crippen molar-refractivity contribution >= 4 is 22.5 Å². The van der Waals surface area contributed by atoms with Gasteiger partial charge in [0.05, 0.1) is 11.7 Å². The normalized spacial score (nSPS) is 15.1. The molecule has 7 heteroatoms. The van der Waals surface area contributed by atoms with Gasteiger partial charge in [0.25, 0.3) is 0 Å². The second-order valence-corrected chi connectivity index (χ2v) is 8.69. The largest absolute Gasteiger partial charge is 0.321 e. The highest BCUT2D eigenvalue weighted by atomic mass is 32.1. The molecule has 5 aromatic rings. The Morgan fingerprint density at radius 3 is 2.42 bits per heavy atom. The second-order valence-electron chi connectivity index (χ2n) is 7.97. The number of aromatic nitrogens is 5. The van der Waals surface area contributed by atoms with Crippen LogP contribution in [0, 0.1) is 0 Å². The van der Waals surface area contributed by atoms with Gasteiger partial charge in [-0.15, -0.1) is 11.3 Å². The van der Waals surface area contributed by atoms with Crippen molar-refractivity contribution in [2.45, 2.75) is 24.8 Å². The monoisotopic (exact) mass is 424 g/mol. The SMILES string of the molecule is NC1(c2ccc(-c3nc4nc(-c5cscn5)ncc4n3-c3ccccc3)cc2)CCC1. The molecule has 0 unspecified atom stereocenters. The molecule has 31 heavy (non-hydrogen) atoms. The maximum absolute atomic E-state index is 6.51. The van der Waals surface area contributed by atoms with E-state index < -0.39 is 0 Å². The van der Waals surface area contributed by atoms with E-state index >= 15 is 0 Å². The van der Waals surface area contributed by atoms with Gasteiger partial charge in [-0.25, -0.2) is 19.9 Å². The summed E-state index contributed by atoms with van der Waals surface area (Å²) in [5.41, 5.74) is 13.6. The molecule has 6 nitrogen and oxygen atoms in total. The maximum Gasteiger partial charge on any atom is 0.182 e. The summed E-state index contributed by atoms with van der Waals surface area (Å²) in [6.07, 6.45) is 5.12. The Morgan fingerprint density at radius 1 is 0.935 bits per heavy atom. The third-order valence-corrected chi connectivity index (χ3v) is 6.64. The number of nitrogens with two attached hydrogens (primary N) is 1. The van der Waals surface area contributed by atoms with Crippen molar-refractivity contribution in [3.8, 4) is 28.6 Å². The summed E-state index contributed by atoms with van der Waals surface area (Å²) < 4.78 is 2.11. The van der Waals surface area contributed by atoms with Gasteiger partial charge >= 0.3 is 0 Å². The van der Waals surface area contributed by atoms with E-state index in [0.717, 1.165) is 41.1 Å². The van der Waals surface area contributed by atoms with Crippen molar-refractivity contribution < 1.29 is 0 Å². The minimum Gasteiger partial charge on any atom is -0.321 e. The molecule has 3 aromatic heterocycles. The fraction of sp³-hybridized carbons (Fsp3) is 0.167. The zero-order chi connectivity index (χ0) is 20.8. The average Bonchev–Trinajstić information content (AvgIpc) is 3.46. The quantitative estimate of drug-likeness (QED) is 0.442. The highest BCUT2D eigenvalue weighted by Crippen LogP contribution is 2.39. The second kappa shape index (κ2) is 7.08.